The van der Waals surface area contributed by atoms with Crippen LogP contribution in [0.3, 0.4) is 0 Å². The van der Waals surface area contributed by atoms with Crippen molar-refractivity contribution in [2.75, 3.05) is 0 Å². The van der Waals surface area contributed by atoms with Gasteiger partial charge >= 0.3 is 11.7 Å². The van der Waals surface area contributed by atoms with Gasteiger partial charge in [-0.1, -0.05) is 6.92 Å². The van der Waals surface area contributed by atoms with Gasteiger partial charge in [-0.2, -0.15) is 5.10 Å². The highest BCUT2D eigenvalue weighted by Crippen LogP contribution is 1.96. The van der Waals surface area contributed by atoms with Crippen molar-refractivity contribution in [2.45, 2.75) is 13.5 Å². The van der Waals surface area contributed by atoms with Crippen molar-refractivity contribution < 1.29 is 9.90 Å². The summed E-state index contributed by atoms with van der Waals surface area (Å²) in [5.74, 6) is -1.51. The highest BCUT2D eigenvalue weighted by molar-refractivity contribution is 5.69. The van der Waals surface area contributed by atoms with Gasteiger partial charge in [-0.15, -0.1) is 0 Å². The average Bonchev–Trinajstić information content (AvgIpc) is 2.36. The highest BCUT2D eigenvalue weighted by atomic mass is 16.4. The Morgan fingerprint density at radius 2 is 2.58 bits per heavy atom. The predicted octanol–water partition coefficient (Wildman–Crippen LogP) is -0.708. The van der Waals surface area contributed by atoms with Crippen molar-refractivity contribution in [3.8, 4) is 0 Å². The fourth-order valence-corrected chi connectivity index (χ4v) is 0.774. The van der Waals surface area contributed by atoms with Crippen LogP contribution in [0.15, 0.2) is 11.1 Å². The maximum atomic E-state index is 10.8. The number of aromatic nitrogens is 3. The number of nitrogens with one attached hydrogen (secondary N) is 1. The lowest BCUT2D eigenvalue weighted by atomic mass is 10.2. The van der Waals surface area contributed by atoms with E-state index in [4.69, 9.17) is 5.11 Å². The minimum absolute atomic E-state index is 0.144. The standard InChI is InChI=1S/C6H9N3O3/c1-4(5(10)11)2-9-3-7-8-6(9)12/h3-4H,2H2,1H3,(H,8,12)(H,10,11). The van der Waals surface area contributed by atoms with Crippen LogP contribution in [0.5, 0.6) is 0 Å². The number of aromatic amines is 1. The van der Waals surface area contributed by atoms with Gasteiger partial charge in [0.2, 0.25) is 0 Å². The molecule has 1 rings (SSSR count). The molecule has 0 radical (unpaired) electrons. The number of aliphatic carboxylic acids is 1. The van der Waals surface area contributed by atoms with E-state index in [1.165, 1.54) is 17.8 Å². The molecule has 1 heterocycles. The lowest BCUT2D eigenvalue weighted by Gasteiger charge is -2.03. The number of carboxylic acid groups (broad SMARTS) is 1. The lowest BCUT2D eigenvalue weighted by Crippen LogP contribution is -2.23. The van der Waals surface area contributed by atoms with Gasteiger partial charge in [-0.25, -0.2) is 9.89 Å². The fraction of sp³-hybridized carbons (Fsp3) is 0.500. The van der Waals surface area contributed by atoms with Crippen molar-refractivity contribution in [1.82, 2.24) is 14.8 Å². The molecule has 6 heteroatoms. The molecule has 1 aromatic rings. The quantitative estimate of drug-likeness (QED) is 0.629. The lowest BCUT2D eigenvalue weighted by molar-refractivity contribution is -0.141. The smallest absolute Gasteiger partial charge is 0.343 e. The molecule has 6 nitrogen and oxygen atoms in total. The normalized spacial score (nSPS) is 12.8. The van der Waals surface area contributed by atoms with Crippen LogP contribution in [0.4, 0.5) is 0 Å². The Labute approximate surface area is 67.8 Å². The summed E-state index contributed by atoms with van der Waals surface area (Å²) < 4.78 is 1.22. The second-order valence-corrected chi connectivity index (χ2v) is 2.55. The zero-order valence-corrected chi connectivity index (χ0v) is 6.52. The first-order valence-electron chi connectivity index (χ1n) is 3.44. The summed E-state index contributed by atoms with van der Waals surface area (Å²) >= 11 is 0. The summed E-state index contributed by atoms with van der Waals surface area (Å²) in [4.78, 5) is 21.2. The molecule has 1 aromatic heterocycles. The molecular formula is C6H9N3O3. The van der Waals surface area contributed by atoms with Gasteiger partial charge in [0.1, 0.15) is 6.33 Å². The number of carboxylic acids is 1. The highest BCUT2D eigenvalue weighted by Gasteiger charge is 2.12. The first-order chi connectivity index (χ1) is 5.61. The summed E-state index contributed by atoms with van der Waals surface area (Å²) in [5.41, 5.74) is -0.386. The van der Waals surface area contributed by atoms with Gasteiger partial charge in [-0.3, -0.25) is 9.36 Å². The van der Waals surface area contributed by atoms with Gasteiger partial charge in [-0.05, 0) is 0 Å². The molecular weight excluding hydrogens is 162 g/mol. The average molecular weight is 171 g/mol. The third-order valence-electron chi connectivity index (χ3n) is 1.51. The molecule has 1 atom stereocenters. The van der Waals surface area contributed by atoms with Crippen LogP contribution in [0.2, 0.25) is 0 Å². The van der Waals surface area contributed by atoms with E-state index in [9.17, 15) is 9.59 Å². The van der Waals surface area contributed by atoms with Gasteiger partial charge in [0.05, 0.1) is 5.92 Å². The van der Waals surface area contributed by atoms with Crippen molar-refractivity contribution >= 4 is 5.97 Å². The number of hydrogen-bond acceptors (Lipinski definition) is 3. The molecule has 0 spiro atoms. The zero-order valence-electron chi connectivity index (χ0n) is 6.52. The van der Waals surface area contributed by atoms with E-state index >= 15 is 0 Å². The largest absolute Gasteiger partial charge is 0.481 e. The number of carbonyl (C=O) groups is 1. The van der Waals surface area contributed by atoms with Gasteiger partial charge in [0, 0.05) is 6.54 Å². The Morgan fingerprint density at radius 1 is 1.92 bits per heavy atom. The molecule has 0 aliphatic rings. The van der Waals surface area contributed by atoms with Crippen molar-refractivity contribution in [2.24, 2.45) is 5.92 Å². The molecule has 1 unspecified atom stereocenters. The van der Waals surface area contributed by atoms with Crippen molar-refractivity contribution in [1.29, 1.82) is 0 Å². The minimum atomic E-state index is -0.928. The molecule has 0 amide bonds. The predicted molar refractivity (Wildman–Crippen MR) is 39.6 cm³/mol. The Bertz CT molecular complexity index is 327. The summed E-state index contributed by atoms with van der Waals surface area (Å²) in [6.45, 7) is 1.67. The van der Waals surface area contributed by atoms with Gasteiger partial charge < -0.3 is 5.11 Å². The molecule has 12 heavy (non-hydrogen) atoms. The van der Waals surface area contributed by atoms with Crippen LogP contribution in [0.25, 0.3) is 0 Å². The minimum Gasteiger partial charge on any atom is -0.481 e. The Balaban J connectivity index is 2.70. The summed E-state index contributed by atoms with van der Waals surface area (Å²) in [7, 11) is 0. The van der Waals surface area contributed by atoms with E-state index < -0.39 is 11.9 Å². The van der Waals surface area contributed by atoms with Crippen molar-refractivity contribution in [3.63, 3.8) is 0 Å². The van der Waals surface area contributed by atoms with Crippen LogP contribution in [-0.2, 0) is 11.3 Å². The molecule has 0 aliphatic heterocycles. The fourth-order valence-electron chi connectivity index (χ4n) is 0.774. The van der Waals surface area contributed by atoms with E-state index in [2.05, 4.69) is 10.2 Å². The van der Waals surface area contributed by atoms with E-state index in [-0.39, 0.29) is 12.2 Å². The number of rotatable bonds is 3. The zero-order chi connectivity index (χ0) is 9.14. The molecule has 0 fully saturated rings. The molecule has 66 valence electrons. The van der Waals surface area contributed by atoms with Gasteiger partial charge in [0.15, 0.2) is 0 Å². The number of nitrogens with zero attached hydrogens (tertiary/aromatic N) is 2. The first kappa shape index (κ1) is 8.51. The van der Waals surface area contributed by atoms with Gasteiger partial charge in [0.25, 0.3) is 0 Å². The van der Waals surface area contributed by atoms with Crippen LogP contribution in [-0.4, -0.2) is 25.8 Å². The Morgan fingerprint density at radius 3 is 3.00 bits per heavy atom. The van der Waals surface area contributed by atoms with E-state index in [1.54, 1.807) is 0 Å². The van der Waals surface area contributed by atoms with Crippen LogP contribution in [0, 0.1) is 5.92 Å². The molecule has 0 bridgehead atoms. The third-order valence-corrected chi connectivity index (χ3v) is 1.51. The molecule has 0 aromatic carbocycles. The second-order valence-electron chi connectivity index (χ2n) is 2.55. The SMILES string of the molecule is CC(Cn1cn[nH]c1=O)C(=O)O. The monoisotopic (exact) mass is 171 g/mol. The molecule has 2 N–H and O–H groups in total. The second kappa shape index (κ2) is 3.21. The molecule has 0 aliphatic carbocycles. The summed E-state index contributed by atoms with van der Waals surface area (Å²) in [6, 6.07) is 0. The Kier molecular flexibility index (Phi) is 2.27. The van der Waals surface area contributed by atoms with Crippen LogP contribution >= 0.6 is 0 Å². The maximum Gasteiger partial charge on any atom is 0.343 e. The van der Waals surface area contributed by atoms with E-state index in [0.717, 1.165) is 0 Å². The summed E-state index contributed by atoms with van der Waals surface area (Å²) in [5, 5.41) is 14.2. The third kappa shape index (κ3) is 1.71. The number of hydrogen-bond donors (Lipinski definition) is 2. The number of H-pyrrole nitrogens is 1. The topological polar surface area (TPSA) is 88.0 Å². The molecule has 0 saturated carbocycles. The summed E-state index contributed by atoms with van der Waals surface area (Å²) in [6.07, 6.45) is 1.28. The van der Waals surface area contributed by atoms with E-state index in [1.807, 2.05) is 0 Å². The van der Waals surface area contributed by atoms with Crippen molar-refractivity contribution in [3.05, 3.63) is 16.8 Å². The Hall–Kier alpha value is -1.59. The first-order valence-corrected chi connectivity index (χ1v) is 3.44. The van der Waals surface area contributed by atoms with E-state index in [0.29, 0.717) is 0 Å². The van der Waals surface area contributed by atoms with Crippen LogP contribution in [0.1, 0.15) is 6.92 Å². The molecule has 0 saturated heterocycles. The van der Waals surface area contributed by atoms with Crippen LogP contribution < -0.4 is 5.69 Å². The maximum absolute atomic E-state index is 10.8.